The zero-order chi connectivity index (χ0) is 20.4. The number of ether oxygens (including phenoxy) is 2. The third kappa shape index (κ3) is 3.43. The lowest BCUT2D eigenvalue weighted by molar-refractivity contribution is -0.136. The van der Waals surface area contributed by atoms with Crippen LogP contribution in [0.25, 0.3) is 6.08 Å². The van der Waals surface area contributed by atoms with Crippen molar-refractivity contribution in [3.05, 3.63) is 76.0 Å². The number of benzene rings is 2. The van der Waals surface area contributed by atoms with Crippen molar-refractivity contribution in [3.8, 4) is 5.75 Å². The van der Waals surface area contributed by atoms with Gasteiger partial charge >= 0.3 is 5.97 Å². The highest BCUT2D eigenvalue weighted by atomic mass is 16.5. The van der Waals surface area contributed by atoms with Crippen molar-refractivity contribution in [2.75, 3.05) is 19.1 Å². The fraction of sp³-hybridized carbons (Fsp3) is 0.217. The number of esters is 1. The van der Waals surface area contributed by atoms with Crippen LogP contribution in [-0.4, -0.2) is 26.1 Å². The van der Waals surface area contributed by atoms with Crippen LogP contribution in [0.5, 0.6) is 5.75 Å². The lowest BCUT2D eigenvalue weighted by atomic mass is 10.0. The molecule has 5 heteroatoms. The van der Waals surface area contributed by atoms with Crippen LogP contribution >= 0.6 is 0 Å². The molecule has 0 fully saturated rings. The van der Waals surface area contributed by atoms with E-state index < -0.39 is 5.97 Å². The molecular weight excluding hydrogens is 354 g/mol. The monoisotopic (exact) mass is 377 g/mol. The summed E-state index contributed by atoms with van der Waals surface area (Å²) in [7, 11) is 2.91. The van der Waals surface area contributed by atoms with E-state index in [4.69, 9.17) is 9.47 Å². The highest BCUT2D eigenvalue weighted by Crippen LogP contribution is 2.36. The number of methoxy groups -OCH3 is 2. The van der Waals surface area contributed by atoms with Gasteiger partial charge in [-0.25, -0.2) is 4.79 Å². The van der Waals surface area contributed by atoms with Crippen molar-refractivity contribution in [2.24, 2.45) is 0 Å². The van der Waals surface area contributed by atoms with E-state index in [1.165, 1.54) is 7.11 Å². The Bertz CT molecular complexity index is 1000. The minimum absolute atomic E-state index is 0.253. The molecule has 1 heterocycles. The Labute approximate surface area is 164 Å². The van der Waals surface area contributed by atoms with E-state index in [2.05, 4.69) is 0 Å². The van der Waals surface area contributed by atoms with Crippen molar-refractivity contribution < 1.29 is 19.1 Å². The van der Waals surface area contributed by atoms with Gasteiger partial charge in [0, 0.05) is 11.4 Å². The normalized spacial score (nSPS) is 15.4. The van der Waals surface area contributed by atoms with Crippen molar-refractivity contribution in [1.29, 1.82) is 0 Å². The summed E-state index contributed by atoms with van der Waals surface area (Å²) in [6, 6.07) is 13.1. The standard InChI is InChI=1S/C23H23NO4/c1-14-6-9-18(12-15(14)2)24-16(3)21(23(26)28-5)20(22(24)25)13-17-7-10-19(27-4)11-8-17/h6-13H,1-5H3. The average molecular weight is 377 g/mol. The van der Waals surface area contributed by atoms with Gasteiger partial charge in [0.05, 0.1) is 25.4 Å². The molecule has 3 rings (SSSR count). The minimum Gasteiger partial charge on any atom is -0.497 e. The van der Waals surface area contributed by atoms with Gasteiger partial charge in [0.1, 0.15) is 5.75 Å². The summed E-state index contributed by atoms with van der Waals surface area (Å²) in [5.41, 5.74) is 4.88. The molecule has 28 heavy (non-hydrogen) atoms. The molecule has 2 aromatic carbocycles. The summed E-state index contributed by atoms with van der Waals surface area (Å²) >= 11 is 0. The maximum absolute atomic E-state index is 13.3. The van der Waals surface area contributed by atoms with Crippen LogP contribution in [0.15, 0.2) is 59.3 Å². The Kier molecular flexibility index (Phi) is 5.36. The van der Waals surface area contributed by atoms with E-state index in [0.717, 1.165) is 28.1 Å². The summed E-state index contributed by atoms with van der Waals surface area (Å²) in [6.45, 7) is 5.77. The third-order valence-electron chi connectivity index (χ3n) is 4.97. The smallest absolute Gasteiger partial charge is 0.340 e. The first-order valence-corrected chi connectivity index (χ1v) is 8.94. The first kappa shape index (κ1) is 19.4. The van der Waals surface area contributed by atoms with Gasteiger partial charge in [-0.3, -0.25) is 9.69 Å². The molecule has 0 aromatic heterocycles. The number of rotatable bonds is 4. The molecule has 0 saturated carbocycles. The minimum atomic E-state index is -0.531. The molecule has 0 spiro atoms. The zero-order valence-corrected chi connectivity index (χ0v) is 16.7. The summed E-state index contributed by atoms with van der Waals surface area (Å²) in [5, 5.41) is 0. The average Bonchev–Trinajstić information content (AvgIpc) is 2.94. The van der Waals surface area contributed by atoms with Gasteiger partial charge in [-0.15, -0.1) is 0 Å². The number of allylic oxidation sites excluding steroid dienone is 1. The maximum atomic E-state index is 13.3. The van der Waals surface area contributed by atoms with Crippen LogP contribution in [0, 0.1) is 13.8 Å². The van der Waals surface area contributed by atoms with E-state index in [0.29, 0.717) is 11.3 Å². The van der Waals surface area contributed by atoms with Gasteiger partial charge in [-0.2, -0.15) is 0 Å². The first-order chi connectivity index (χ1) is 13.4. The topological polar surface area (TPSA) is 55.8 Å². The first-order valence-electron chi connectivity index (χ1n) is 8.94. The lowest BCUT2D eigenvalue weighted by Crippen LogP contribution is -2.24. The number of carbonyl (C=O) groups excluding carboxylic acids is 2. The number of anilines is 1. The maximum Gasteiger partial charge on any atom is 0.340 e. The van der Waals surface area contributed by atoms with Gasteiger partial charge in [0.2, 0.25) is 0 Å². The van der Waals surface area contributed by atoms with Gasteiger partial charge in [0.15, 0.2) is 0 Å². The molecule has 144 valence electrons. The number of hydrogen-bond acceptors (Lipinski definition) is 4. The van der Waals surface area contributed by atoms with Crippen LogP contribution in [0.1, 0.15) is 23.6 Å². The molecule has 5 nitrogen and oxygen atoms in total. The van der Waals surface area contributed by atoms with Crippen LogP contribution in [0.3, 0.4) is 0 Å². The largest absolute Gasteiger partial charge is 0.497 e. The fourth-order valence-corrected chi connectivity index (χ4v) is 3.22. The number of hydrogen-bond donors (Lipinski definition) is 0. The number of carbonyl (C=O) groups is 2. The molecule has 0 bridgehead atoms. The molecule has 0 atom stereocenters. The van der Waals surface area contributed by atoms with Gasteiger partial charge in [-0.1, -0.05) is 18.2 Å². The van der Waals surface area contributed by atoms with E-state index in [-0.39, 0.29) is 11.5 Å². The van der Waals surface area contributed by atoms with E-state index in [1.807, 2.05) is 44.2 Å². The molecule has 2 aromatic rings. The molecule has 0 radical (unpaired) electrons. The third-order valence-corrected chi connectivity index (χ3v) is 4.97. The van der Waals surface area contributed by atoms with Crippen molar-refractivity contribution in [1.82, 2.24) is 0 Å². The van der Waals surface area contributed by atoms with Crippen molar-refractivity contribution in [2.45, 2.75) is 20.8 Å². The van der Waals surface area contributed by atoms with Gasteiger partial charge in [0.25, 0.3) is 5.91 Å². The summed E-state index contributed by atoms with van der Waals surface area (Å²) in [4.78, 5) is 27.3. The van der Waals surface area contributed by atoms with Crippen LogP contribution in [0.2, 0.25) is 0 Å². The SMILES string of the molecule is COC(=O)C1=C(C)N(c2ccc(C)c(C)c2)C(=O)C1=Cc1ccc(OC)cc1. The summed E-state index contributed by atoms with van der Waals surface area (Å²) in [6.07, 6.45) is 1.71. The Morgan fingerprint density at radius 3 is 2.21 bits per heavy atom. The second-order valence-corrected chi connectivity index (χ2v) is 6.69. The lowest BCUT2D eigenvalue weighted by Gasteiger charge is -2.19. The van der Waals surface area contributed by atoms with Gasteiger partial charge in [-0.05, 0) is 67.8 Å². The molecule has 0 saturated heterocycles. The predicted octanol–water partition coefficient (Wildman–Crippen LogP) is 4.19. The predicted molar refractivity (Wildman–Crippen MR) is 109 cm³/mol. The van der Waals surface area contributed by atoms with E-state index in [9.17, 15) is 9.59 Å². The fourth-order valence-electron chi connectivity index (χ4n) is 3.22. The highest BCUT2D eigenvalue weighted by Gasteiger charge is 2.37. The zero-order valence-electron chi connectivity index (χ0n) is 16.7. The van der Waals surface area contributed by atoms with Crippen LogP contribution in [0.4, 0.5) is 5.69 Å². The summed E-state index contributed by atoms with van der Waals surface area (Å²) < 4.78 is 10.1. The molecule has 1 amide bonds. The Balaban J connectivity index is 2.11. The Morgan fingerprint density at radius 2 is 1.64 bits per heavy atom. The second kappa shape index (κ2) is 7.72. The van der Waals surface area contributed by atoms with Crippen LogP contribution < -0.4 is 9.64 Å². The van der Waals surface area contributed by atoms with Gasteiger partial charge < -0.3 is 9.47 Å². The molecule has 0 unspecified atom stereocenters. The number of nitrogens with zero attached hydrogens (tertiary/aromatic N) is 1. The van der Waals surface area contributed by atoms with Crippen molar-refractivity contribution in [3.63, 3.8) is 0 Å². The van der Waals surface area contributed by atoms with E-state index >= 15 is 0 Å². The summed E-state index contributed by atoms with van der Waals surface area (Å²) in [5.74, 6) is -0.0644. The molecule has 1 aliphatic heterocycles. The molecule has 0 N–H and O–H groups in total. The molecule has 0 aliphatic carbocycles. The second-order valence-electron chi connectivity index (χ2n) is 6.69. The molecule has 1 aliphatic rings. The number of amides is 1. The Hall–Kier alpha value is -3.34. The van der Waals surface area contributed by atoms with E-state index in [1.54, 1.807) is 37.1 Å². The van der Waals surface area contributed by atoms with Crippen molar-refractivity contribution >= 4 is 23.6 Å². The quantitative estimate of drug-likeness (QED) is 0.592. The highest BCUT2D eigenvalue weighted by molar-refractivity contribution is 6.23. The molecular formula is C23H23NO4. The van der Waals surface area contributed by atoms with Crippen LogP contribution in [-0.2, 0) is 14.3 Å². The Morgan fingerprint density at radius 1 is 0.964 bits per heavy atom. The number of aryl methyl sites for hydroxylation is 2.